The van der Waals surface area contributed by atoms with E-state index in [1.54, 1.807) is 0 Å². The Bertz CT molecular complexity index is 240. The number of rotatable bonds is 2. The van der Waals surface area contributed by atoms with Crippen LogP contribution in [0.5, 0.6) is 0 Å². The lowest BCUT2D eigenvalue weighted by atomic mass is 9.93. The quantitative estimate of drug-likeness (QED) is 0.716. The predicted molar refractivity (Wildman–Crippen MR) is 60.4 cm³/mol. The Kier molecular flexibility index (Phi) is 4.60. The molecule has 2 heteroatoms. The normalized spacial score (nSPS) is 16.8. The van der Waals surface area contributed by atoms with Gasteiger partial charge in [0.05, 0.1) is 0 Å². The van der Waals surface area contributed by atoms with E-state index in [0.29, 0.717) is 0 Å². The van der Waals surface area contributed by atoms with E-state index in [9.17, 15) is 0 Å². The molecule has 1 aliphatic rings. The van der Waals surface area contributed by atoms with Crippen LogP contribution >= 0.6 is 0 Å². The summed E-state index contributed by atoms with van der Waals surface area (Å²) in [4.78, 5) is 6.56. The maximum Gasteiger partial charge on any atom is 0.0303 e. The van der Waals surface area contributed by atoms with E-state index < -0.39 is 0 Å². The molecule has 0 spiro atoms. The lowest BCUT2D eigenvalue weighted by Crippen LogP contribution is -2.44. The van der Waals surface area contributed by atoms with Gasteiger partial charge in [0.15, 0.2) is 0 Å². The van der Waals surface area contributed by atoms with Gasteiger partial charge in [-0.25, -0.2) is 0 Å². The number of likely N-dealkylation sites (tertiary alicyclic amines) is 1. The molecule has 2 heterocycles. The molecule has 0 atom stereocenters. The minimum atomic E-state index is 0.735. The van der Waals surface area contributed by atoms with Crippen LogP contribution in [0.1, 0.15) is 32.3 Å². The molecule has 14 heavy (non-hydrogen) atoms. The molecule has 0 radical (unpaired) electrons. The van der Waals surface area contributed by atoms with Crippen molar-refractivity contribution < 1.29 is 0 Å². The summed E-state index contributed by atoms with van der Waals surface area (Å²) in [6, 6.07) is 4.19. The summed E-state index contributed by atoms with van der Waals surface area (Å²) in [5.41, 5.74) is 1.39. The van der Waals surface area contributed by atoms with Crippen molar-refractivity contribution in [2.24, 2.45) is 0 Å². The van der Waals surface area contributed by atoms with Crippen molar-refractivity contribution in [3.8, 4) is 0 Å². The van der Waals surface area contributed by atoms with Crippen LogP contribution in [0.2, 0.25) is 0 Å². The summed E-state index contributed by atoms with van der Waals surface area (Å²) in [6.07, 6.45) is 3.82. The van der Waals surface area contributed by atoms with Crippen LogP contribution < -0.4 is 0 Å². The Labute approximate surface area is 87.0 Å². The van der Waals surface area contributed by atoms with E-state index in [1.807, 2.05) is 32.3 Å². The molecule has 0 saturated carbocycles. The second kappa shape index (κ2) is 5.76. The van der Waals surface area contributed by atoms with Gasteiger partial charge in [-0.1, -0.05) is 26.8 Å². The van der Waals surface area contributed by atoms with Gasteiger partial charge < -0.3 is 4.90 Å². The minimum absolute atomic E-state index is 0.735. The topological polar surface area (TPSA) is 16.1 Å². The molecule has 0 N–H and O–H groups in total. The molecule has 0 bridgehead atoms. The Morgan fingerprint density at radius 2 is 2.14 bits per heavy atom. The van der Waals surface area contributed by atoms with Crippen LogP contribution in [0.4, 0.5) is 0 Å². The van der Waals surface area contributed by atoms with Crippen LogP contribution in [0, 0.1) is 0 Å². The van der Waals surface area contributed by atoms with Gasteiger partial charge >= 0.3 is 0 Å². The molecule has 1 aromatic heterocycles. The average molecular weight is 192 g/mol. The number of aromatic nitrogens is 1. The second-order valence-electron chi connectivity index (χ2n) is 3.34. The van der Waals surface area contributed by atoms with E-state index in [1.165, 1.54) is 25.2 Å². The van der Waals surface area contributed by atoms with Crippen LogP contribution in [0.25, 0.3) is 0 Å². The SMILES string of the molecule is CC.CCN1CC(c2cccnc2)C1. The fourth-order valence-corrected chi connectivity index (χ4v) is 1.66. The second-order valence-corrected chi connectivity index (χ2v) is 3.34. The molecule has 0 unspecified atom stereocenters. The molecule has 1 fully saturated rings. The molecule has 1 aliphatic heterocycles. The van der Waals surface area contributed by atoms with Gasteiger partial charge in [0, 0.05) is 31.4 Å². The molecular weight excluding hydrogens is 172 g/mol. The highest BCUT2D eigenvalue weighted by atomic mass is 15.2. The smallest absolute Gasteiger partial charge is 0.0303 e. The van der Waals surface area contributed by atoms with Gasteiger partial charge in [-0.3, -0.25) is 4.98 Å². The molecule has 1 aromatic rings. The van der Waals surface area contributed by atoms with Crippen LogP contribution in [-0.4, -0.2) is 29.5 Å². The minimum Gasteiger partial charge on any atom is -0.302 e. The predicted octanol–water partition coefficient (Wildman–Crippen LogP) is 2.53. The van der Waals surface area contributed by atoms with E-state index >= 15 is 0 Å². The van der Waals surface area contributed by atoms with Gasteiger partial charge in [-0.15, -0.1) is 0 Å². The van der Waals surface area contributed by atoms with Crippen LogP contribution in [0.15, 0.2) is 24.5 Å². The molecule has 2 nitrogen and oxygen atoms in total. The fraction of sp³-hybridized carbons (Fsp3) is 0.583. The van der Waals surface area contributed by atoms with Crippen molar-refractivity contribution in [3.63, 3.8) is 0 Å². The first-order chi connectivity index (χ1) is 6.90. The van der Waals surface area contributed by atoms with E-state index in [4.69, 9.17) is 0 Å². The Balaban J connectivity index is 0.000000461. The third kappa shape index (κ3) is 2.55. The van der Waals surface area contributed by atoms with Crippen molar-refractivity contribution in [1.82, 2.24) is 9.88 Å². The number of nitrogens with zero attached hydrogens (tertiary/aromatic N) is 2. The summed E-state index contributed by atoms with van der Waals surface area (Å²) in [6.45, 7) is 9.81. The highest BCUT2D eigenvalue weighted by Crippen LogP contribution is 2.25. The standard InChI is InChI=1S/C10H14N2.C2H6/c1-2-12-7-10(8-12)9-4-3-5-11-6-9;1-2/h3-6,10H,2,7-8H2,1H3;1-2H3. The summed E-state index contributed by atoms with van der Waals surface area (Å²) in [5.74, 6) is 0.735. The van der Waals surface area contributed by atoms with E-state index in [-0.39, 0.29) is 0 Å². The van der Waals surface area contributed by atoms with Crippen LogP contribution in [0.3, 0.4) is 0 Å². The summed E-state index contributed by atoms with van der Waals surface area (Å²) in [7, 11) is 0. The van der Waals surface area contributed by atoms with Crippen molar-refractivity contribution in [2.45, 2.75) is 26.7 Å². The number of hydrogen-bond acceptors (Lipinski definition) is 2. The van der Waals surface area contributed by atoms with Crippen molar-refractivity contribution in [3.05, 3.63) is 30.1 Å². The monoisotopic (exact) mass is 192 g/mol. The van der Waals surface area contributed by atoms with E-state index in [0.717, 1.165) is 5.92 Å². The highest BCUT2D eigenvalue weighted by molar-refractivity contribution is 5.18. The zero-order valence-electron chi connectivity index (χ0n) is 9.40. The van der Waals surface area contributed by atoms with Gasteiger partial charge in [0.1, 0.15) is 0 Å². The number of likely N-dealkylation sites (N-methyl/N-ethyl adjacent to an activating group) is 1. The first kappa shape index (κ1) is 11.2. The summed E-state index contributed by atoms with van der Waals surface area (Å²) >= 11 is 0. The Hall–Kier alpha value is -0.890. The van der Waals surface area contributed by atoms with Gasteiger partial charge in [-0.05, 0) is 18.2 Å². The van der Waals surface area contributed by atoms with Gasteiger partial charge in [0.25, 0.3) is 0 Å². The Morgan fingerprint density at radius 1 is 1.43 bits per heavy atom. The fourth-order valence-electron chi connectivity index (χ4n) is 1.66. The lowest BCUT2D eigenvalue weighted by Gasteiger charge is -2.38. The third-order valence-corrected chi connectivity index (χ3v) is 2.56. The molecule has 78 valence electrons. The van der Waals surface area contributed by atoms with Crippen molar-refractivity contribution in [2.75, 3.05) is 19.6 Å². The first-order valence-corrected chi connectivity index (χ1v) is 5.52. The highest BCUT2D eigenvalue weighted by Gasteiger charge is 2.26. The molecule has 0 aliphatic carbocycles. The average Bonchev–Trinajstić information content (AvgIpc) is 2.21. The maximum absolute atomic E-state index is 4.12. The molecular formula is C12H20N2. The van der Waals surface area contributed by atoms with Crippen LogP contribution in [-0.2, 0) is 0 Å². The number of pyridine rings is 1. The zero-order valence-corrected chi connectivity index (χ0v) is 9.40. The summed E-state index contributed by atoms with van der Waals surface area (Å²) < 4.78 is 0. The molecule has 2 rings (SSSR count). The first-order valence-electron chi connectivity index (χ1n) is 5.52. The molecule has 1 saturated heterocycles. The number of hydrogen-bond donors (Lipinski definition) is 0. The zero-order chi connectivity index (χ0) is 10.4. The van der Waals surface area contributed by atoms with E-state index in [2.05, 4.69) is 22.9 Å². The lowest BCUT2D eigenvalue weighted by molar-refractivity contribution is 0.157. The van der Waals surface area contributed by atoms with Crippen molar-refractivity contribution in [1.29, 1.82) is 0 Å². The molecule has 0 aromatic carbocycles. The summed E-state index contributed by atoms with van der Waals surface area (Å²) in [5, 5.41) is 0. The Morgan fingerprint density at radius 3 is 2.64 bits per heavy atom. The third-order valence-electron chi connectivity index (χ3n) is 2.56. The largest absolute Gasteiger partial charge is 0.302 e. The van der Waals surface area contributed by atoms with Gasteiger partial charge in [-0.2, -0.15) is 0 Å². The van der Waals surface area contributed by atoms with Crippen molar-refractivity contribution >= 4 is 0 Å². The molecule has 0 amide bonds. The maximum atomic E-state index is 4.12. The van der Waals surface area contributed by atoms with Gasteiger partial charge in [0.2, 0.25) is 0 Å².